The molecule has 0 bridgehead atoms. The molecular formula is C13H13NO. The van der Waals surface area contributed by atoms with E-state index in [1.165, 1.54) is 0 Å². The normalized spacial score (nSPS) is 10.5. The minimum Gasteiger partial charge on any atom is -0.300 e. The van der Waals surface area contributed by atoms with E-state index < -0.39 is 0 Å². The lowest BCUT2D eigenvalue weighted by Gasteiger charge is -2.05. The molecular weight excluding hydrogens is 186 g/mol. The van der Waals surface area contributed by atoms with Gasteiger partial charge in [0.05, 0.1) is 5.52 Å². The van der Waals surface area contributed by atoms with Crippen LogP contribution in [0.15, 0.2) is 30.3 Å². The Morgan fingerprint density at radius 3 is 2.80 bits per heavy atom. The molecule has 1 aromatic carbocycles. The fourth-order valence-corrected chi connectivity index (χ4v) is 1.81. The van der Waals surface area contributed by atoms with Crippen molar-refractivity contribution in [1.29, 1.82) is 0 Å². The van der Waals surface area contributed by atoms with Crippen LogP contribution >= 0.6 is 0 Å². The quantitative estimate of drug-likeness (QED) is 0.744. The van der Waals surface area contributed by atoms with Crippen molar-refractivity contribution in [3.63, 3.8) is 0 Å². The maximum Gasteiger partial charge on any atom is 0.134 e. The topological polar surface area (TPSA) is 30.0 Å². The molecule has 0 fully saturated rings. The smallest absolute Gasteiger partial charge is 0.134 e. The molecule has 0 saturated carbocycles. The van der Waals surface area contributed by atoms with Crippen LogP contribution in [-0.4, -0.2) is 10.8 Å². The monoisotopic (exact) mass is 199 g/mol. The molecule has 1 aromatic heterocycles. The summed E-state index contributed by atoms with van der Waals surface area (Å²) in [6, 6.07) is 9.92. The Labute approximate surface area is 89.0 Å². The molecule has 0 amide bonds. The molecule has 0 saturated heterocycles. The van der Waals surface area contributed by atoms with E-state index in [0.717, 1.165) is 22.2 Å². The van der Waals surface area contributed by atoms with Crippen LogP contribution in [0.3, 0.4) is 0 Å². The molecule has 0 atom stereocenters. The number of carbonyl (C=O) groups is 1. The lowest BCUT2D eigenvalue weighted by atomic mass is 10.0. The second-order valence-corrected chi connectivity index (χ2v) is 3.82. The van der Waals surface area contributed by atoms with Gasteiger partial charge in [-0.3, -0.25) is 9.78 Å². The lowest BCUT2D eigenvalue weighted by molar-refractivity contribution is -0.116. The predicted octanol–water partition coefficient (Wildman–Crippen LogP) is 2.67. The SMILES string of the molecule is CC(=O)Cc1cc(C)nc2ccccc12. The van der Waals surface area contributed by atoms with E-state index >= 15 is 0 Å². The van der Waals surface area contributed by atoms with Crippen LogP contribution in [0.2, 0.25) is 0 Å². The fourth-order valence-electron chi connectivity index (χ4n) is 1.81. The van der Waals surface area contributed by atoms with Crippen molar-refractivity contribution in [3.8, 4) is 0 Å². The first-order valence-electron chi connectivity index (χ1n) is 5.01. The number of aryl methyl sites for hydroxylation is 1. The Hall–Kier alpha value is -1.70. The van der Waals surface area contributed by atoms with Crippen LogP contribution in [0.25, 0.3) is 10.9 Å². The molecule has 0 radical (unpaired) electrons. The summed E-state index contributed by atoms with van der Waals surface area (Å²) in [4.78, 5) is 15.6. The van der Waals surface area contributed by atoms with Crippen molar-refractivity contribution in [1.82, 2.24) is 4.98 Å². The highest BCUT2D eigenvalue weighted by atomic mass is 16.1. The molecule has 0 aliphatic heterocycles. The summed E-state index contributed by atoms with van der Waals surface area (Å²) < 4.78 is 0. The first kappa shape index (κ1) is 9.84. The van der Waals surface area contributed by atoms with Gasteiger partial charge in [-0.2, -0.15) is 0 Å². The van der Waals surface area contributed by atoms with Crippen molar-refractivity contribution >= 4 is 16.7 Å². The van der Waals surface area contributed by atoms with Crippen LogP contribution < -0.4 is 0 Å². The van der Waals surface area contributed by atoms with E-state index in [2.05, 4.69) is 4.98 Å². The number of para-hydroxylation sites is 1. The van der Waals surface area contributed by atoms with Gasteiger partial charge in [0.2, 0.25) is 0 Å². The summed E-state index contributed by atoms with van der Waals surface area (Å²) in [5.41, 5.74) is 3.00. The van der Waals surface area contributed by atoms with Gasteiger partial charge >= 0.3 is 0 Å². The predicted molar refractivity (Wildman–Crippen MR) is 60.9 cm³/mol. The summed E-state index contributed by atoms with van der Waals surface area (Å²) >= 11 is 0. The first-order valence-corrected chi connectivity index (χ1v) is 5.01. The number of Topliss-reactive ketones (excluding diaryl/α,β-unsaturated/α-hetero) is 1. The molecule has 0 aliphatic rings. The third kappa shape index (κ3) is 2.04. The van der Waals surface area contributed by atoms with E-state index in [4.69, 9.17) is 0 Å². The van der Waals surface area contributed by atoms with Crippen molar-refractivity contribution in [3.05, 3.63) is 41.6 Å². The second-order valence-electron chi connectivity index (χ2n) is 3.82. The zero-order chi connectivity index (χ0) is 10.8. The summed E-state index contributed by atoms with van der Waals surface area (Å²) in [6.07, 6.45) is 0.490. The molecule has 2 aromatic rings. The average Bonchev–Trinajstić information content (AvgIpc) is 2.16. The minimum absolute atomic E-state index is 0.186. The maximum atomic E-state index is 11.1. The van der Waals surface area contributed by atoms with E-state index in [9.17, 15) is 4.79 Å². The molecule has 2 rings (SSSR count). The number of ketones is 1. The molecule has 0 N–H and O–H groups in total. The Morgan fingerprint density at radius 1 is 1.33 bits per heavy atom. The number of nitrogens with zero attached hydrogens (tertiary/aromatic N) is 1. The number of carbonyl (C=O) groups excluding carboxylic acids is 1. The van der Waals surface area contributed by atoms with Gasteiger partial charge in [0.15, 0.2) is 0 Å². The number of hydrogen-bond acceptors (Lipinski definition) is 2. The Kier molecular flexibility index (Phi) is 2.50. The molecule has 0 spiro atoms. The Morgan fingerprint density at radius 2 is 2.07 bits per heavy atom. The van der Waals surface area contributed by atoms with Gasteiger partial charge < -0.3 is 0 Å². The standard InChI is InChI=1S/C13H13NO/c1-9-7-11(8-10(2)15)12-5-3-4-6-13(12)14-9/h3-7H,8H2,1-2H3. The van der Waals surface area contributed by atoms with Gasteiger partial charge in [-0.05, 0) is 31.5 Å². The van der Waals surface area contributed by atoms with Crippen molar-refractivity contribution in [2.24, 2.45) is 0 Å². The number of aromatic nitrogens is 1. The average molecular weight is 199 g/mol. The zero-order valence-corrected chi connectivity index (χ0v) is 8.95. The number of pyridine rings is 1. The zero-order valence-electron chi connectivity index (χ0n) is 8.95. The van der Waals surface area contributed by atoms with Gasteiger partial charge in [0.1, 0.15) is 5.78 Å². The number of rotatable bonds is 2. The molecule has 76 valence electrons. The van der Waals surface area contributed by atoms with Gasteiger partial charge in [-0.1, -0.05) is 18.2 Å². The summed E-state index contributed by atoms with van der Waals surface area (Å²) in [5, 5.41) is 1.08. The fraction of sp³-hybridized carbons (Fsp3) is 0.231. The number of fused-ring (bicyclic) bond motifs is 1. The van der Waals surface area contributed by atoms with Crippen LogP contribution in [-0.2, 0) is 11.2 Å². The third-order valence-corrected chi connectivity index (χ3v) is 2.37. The Balaban J connectivity index is 2.65. The van der Waals surface area contributed by atoms with Crippen LogP contribution in [0.1, 0.15) is 18.2 Å². The summed E-state index contributed by atoms with van der Waals surface area (Å²) in [6.45, 7) is 3.57. The van der Waals surface area contributed by atoms with Gasteiger partial charge in [0.25, 0.3) is 0 Å². The molecule has 0 unspecified atom stereocenters. The van der Waals surface area contributed by atoms with E-state index in [1.807, 2.05) is 37.3 Å². The third-order valence-electron chi connectivity index (χ3n) is 2.37. The maximum absolute atomic E-state index is 11.1. The van der Waals surface area contributed by atoms with E-state index in [1.54, 1.807) is 6.92 Å². The summed E-state index contributed by atoms with van der Waals surface area (Å²) in [7, 11) is 0. The number of benzene rings is 1. The van der Waals surface area contributed by atoms with Gasteiger partial charge in [-0.15, -0.1) is 0 Å². The molecule has 2 heteroatoms. The van der Waals surface area contributed by atoms with Crippen LogP contribution in [0.5, 0.6) is 0 Å². The minimum atomic E-state index is 0.186. The van der Waals surface area contributed by atoms with Crippen molar-refractivity contribution < 1.29 is 4.79 Å². The van der Waals surface area contributed by atoms with Gasteiger partial charge in [-0.25, -0.2) is 0 Å². The molecule has 0 aliphatic carbocycles. The highest BCUT2D eigenvalue weighted by Gasteiger charge is 2.05. The first-order chi connectivity index (χ1) is 7.16. The lowest BCUT2D eigenvalue weighted by Crippen LogP contribution is -1.99. The summed E-state index contributed by atoms with van der Waals surface area (Å²) in [5.74, 6) is 0.186. The largest absolute Gasteiger partial charge is 0.300 e. The van der Waals surface area contributed by atoms with Crippen LogP contribution in [0.4, 0.5) is 0 Å². The van der Waals surface area contributed by atoms with Gasteiger partial charge in [0, 0.05) is 17.5 Å². The second kappa shape index (κ2) is 3.81. The van der Waals surface area contributed by atoms with E-state index in [-0.39, 0.29) is 5.78 Å². The highest BCUT2D eigenvalue weighted by molar-refractivity contribution is 5.88. The van der Waals surface area contributed by atoms with Crippen molar-refractivity contribution in [2.75, 3.05) is 0 Å². The highest BCUT2D eigenvalue weighted by Crippen LogP contribution is 2.18. The van der Waals surface area contributed by atoms with Crippen LogP contribution in [0, 0.1) is 6.92 Å². The molecule has 2 nitrogen and oxygen atoms in total. The molecule has 1 heterocycles. The number of hydrogen-bond donors (Lipinski definition) is 0. The Bertz CT molecular complexity index is 517. The van der Waals surface area contributed by atoms with E-state index in [0.29, 0.717) is 6.42 Å². The van der Waals surface area contributed by atoms with Crippen molar-refractivity contribution in [2.45, 2.75) is 20.3 Å². The molecule has 15 heavy (non-hydrogen) atoms.